The van der Waals surface area contributed by atoms with E-state index in [2.05, 4.69) is 30.4 Å². The van der Waals surface area contributed by atoms with E-state index < -0.39 is 0 Å². The van der Waals surface area contributed by atoms with E-state index in [1.165, 1.54) is 24.0 Å². The second-order valence-electron chi connectivity index (χ2n) is 6.08. The summed E-state index contributed by atoms with van der Waals surface area (Å²) in [5.41, 5.74) is 8.16. The summed E-state index contributed by atoms with van der Waals surface area (Å²) in [5, 5.41) is 3.15. The highest BCUT2D eigenvalue weighted by atomic mass is 32.2. The second-order valence-corrected chi connectivity index (χ2v) is 7.30. The summed E-state index contributed by atoms with van der Waals surface area (Å²) in [6.07, 6.45) is 3.42. The number of fused-ring (bicyclic) bond motifs is 1. The molecule has 1 aromatic rings. The summed E-state index contributed by atoms with van der Waals surface area (Å²) in [6.45, 7) is 2.60. The molecule has 0 saturated heterocycles. The molecule has 2 unspecified atom stereocenters. The van der Waals surface area contributed by atoms with E-state index in [4.69, 9.17) is 5.73 Å². The molecule has 0 spiro atoms. The Morgan fingerprint density at radius 2 is 2.20 bits per heavy atom. The third-order valence-electron chi connectivity index (χ3n) is 4.54. The summed E-state index contributed by atoms with van der Waals surface area (Å²) in [7, 11) is 0. The number of carbonyl (C=O) groups is 1. The first-order chi connectivity index (χ1) is 9.64. The van der Waals surface area contributed by atoms with Gasteiger partial charge in [0.1, 0.15) is 5.25 Å². The number of benzene rings is 1. The van der Waals surface area contributed by atoms with Crippen LogP contribution in [0.25, 0.3) is 0 Å². The fraction of sp³-hybridized carbons (Fsp3) is 0.562. The highest BCUT2D eigenvalue weighted by molar-refractivity contribution is 8.00. The van der Waals surface area contributed by atoms with Gasteiger partial charge in [0.25, 0.3) is 0 Å². The Hall–Kier alpha value is -1.00. The minimum Gasteiger partial charge on any atom is -0.348 e. The van der Waals surface area contributed by atoms with Gasteiger partial charge in [0.05, 0.1) is 5.54 Å². The van der Waals surface area contributed by atoms with Gasteiger partial charge < -0.3 is 11.1 Å². The lowest BCUT2D eigenvalue weighted by molar-refractivity contribution is -0.122. The Bertz CT molecular complexity index is 515. The van der Waals surface area contributed by atoms with Gasteiger partial charge in [-0.3, -0.25) is 4.79 Å². The fourth-order valence-electron chi connectivity index (χ4n) is 3.00. The topological polar surface area (TPSA) is 55.1 Å². The SMILES string of the molecule is CC(CN)(NC(=O)C1SCCc2ccccc21)C1CC1. The largest absolute Gasteiger partial charge is 0.348 e. The third kappa shape index (κ3) is 2.59. The maximum absolute atomic E-state index is 12.7. The van der Waals surface area contributed by atoms with Crippen molar-refractivity contribution in [1.82, 2.24) is 5.32 Å². The molecule has 20 heavy (non-hydrogen) atoms. The van der Waals surface area contributed by atoms with E-state index in [0.717, 1.165) is 12.2 Å². The van der Waals surface area contributed by atoms with Gasteiger partial charge >= 0.3 is 0 Å². The predicted molar refractivity (Wildman–Crippen MR) is 83.7 cm³/mol. The van der Waals surface area contributed by atoms with Crippen LogP contribution >= 0.6 is 11.8 Å². The van der Waals surface area contributed by atoms with Crippen LogP contribution in [0, 0.1) is 5.92 Å². The van der Waals surface area contributed by atoms with E-state index >= 15 is 0 Å². The molecule has 1 saturated carbocycles. The zero-order valence-electron chi connectivity index (χ0n) is 11.9. The van der Waals surface area contributed by atoms with Gasteiger partial charge in [-0.2, -0.15) is 0 Å². The number of thioether (sulfide) groups is 1. The van der Waals surface area contributed by atoms with Crippen LogP contribution in [0.2, 0.25) is 0 Å². The summed E-state index contributed by atoms with van der Waals surface area (Å²) >= 11 is 1.74. The van der Waals surface area contributed by atoms with E-state index in [-0.39, 0.29) is 16.7 Å². The van der Waals surface area contributed by atoms with Gasteiger partial charge in [-0.25, -0.2) is 0 Å². The number of nitrogens with one attached hydrogen (secondary N) is 1. The van der Waals surface area contributed by atoms with Crippen molar-refractivity contribution >= 4 is 17.7 Å². The molecular weight excluding hydrogens is 268 g/mol. The standard InChI is InChI=1S/C16H22N2OS/c1-16(10-17,12-6-7-12)18-15(19)14-13-5-3-2-4-11(13)8-9-20-14/h2-5,12,14H,6-10,17H2,1H3,(H,18,19). The van der Waals surface area contributed by atoms with Crippen molar-refractivity contribution in [3.8, 4) is 0 Å². The van der Waals surface area contributed by atoms with Crippen LogP contribution in [-0.2, 0) is 11.2 Å². The molecular formula is C16H22N2OS. The third-order valence-corrected chi connectivity index (χ3v) is 5.78. The maximum Gasteiger partial charge on any atom is 0.238 e. The summed E-state index contributed by atoms with van der Waals surface area (Å²) in [4.78, 5) is 12.7. The van der Waals surface area contributed by atoms with Gasteiger partial charge in [0.2, 0.25) is 5.91 Å². The Labute approximate surface area is 124 Å². The highest BCUT2D eigenvalue weighted by Crippen LogP contribution is 2.41. The van der Waals surface area contributed by atoms with Crippen molar-refractivity contribution in [1.29, 1.82) is 0 Å². The van der Waals surface area contributed by atoms with E-state index in [1.807, 2.05) is 6.07 Å². The zero-order chi connectivity index (χ0) is 14.2. The molecule has 3 nitrogen and oxygen atoms in total. The minimum atomic E-state index is -0.232. The first-order valence-electron chi connectivity index (χ1n) is 7.35. The van der Waals surface area contributed by atoms with Crippen molar-refractivity contribution < 1.29 is 4.79 Å². The van der Waals surface area contributed by atoms with Crippen LogP contribution in [0.15, 0.2) is 24.3 Å². The summed E-state index contributed by atoms with van der Waals surface area (Å²) in [6, 6.07) is 8.30. The van der Waals surface area contributed by atoms with Crippen molar-refractivity contribution in [2.24, 2.45) is 11.7 Å². The molecule has 108 valence electrons. The molecule has 1 aliphatic heterocycles. The Kier molecular flexibility index (Phi) is 3.78. The smallest absolute Gasteiger partial charge is 0.238 e. The second kappa shape index (κ2) is 5.41. The Morgan fingerprint density at radius 3 is 2.90 bits per heavy atom. The molecule has 0 radical (unpaired) electrons. The lowest BCUT2D eigenvalue weighted by atomic mass is 9.94. The van der Waals surface area contributed by atoms with Gasteiger partial charge in [-0.1, -0.05) is 24.3 Å². The van der Waals surface area contributed by atoms with Crippen LogP contribution in [0.1, 0.15) is 36.1 Å². The van der Waals surface area contributed by atoms with E-state index in [9.17, 15) is 4.79 Å². The lowest BCUT2D eigenvalue weighted by Gasteiger charge is -2.33. The van der Waals surface area contributed by atoms with Crippen LogP contribution in [0.4, 0.5) is 0 Å². The van der Waals surface area contributed by atoms with Crippen LogP contribution in [0.5, 0.6) is 0 Å². The predicted octanol–water partition coefficient (Wildman–Crippen LogP) is 2.26. The average molecular weight is 290 g/mol. The number of aryl methyl sites for hydroxylation is 1. The van der Waals surface area contributed by atoms with Gasteiger partial charge in [-0.05, 0) is 49.0 Å². The summed E-state index contributed by atoms with van der Waals surface area (Å²) < 4.78 is 0. The Morgan fingerprint density at radius 1 is 1.45 bits per heavy atom. The highest BCUT2D eigenvalue weighted by Gasteiger charge is 2.43. The molecule has 1 aromatic carbocycles. The molecule has 1 heterocycles. The molecule has 2 atom stereocenters. The fourth-order valence-corrected chi connectivity index (χ4v) is 4.19. The number of hydrogen-bond acceptors (Lipinski definition) is 3. The van der Waals surface area contributed by atoms with Gasteiger partial charge in [0.15, 0.2) is 0 Å². The molecule has 0 bridgehead atoms. The molecule has 3 rings (SSSR count). The number of hydrogen-bond donors (Lipinski definition) is 2. The summed E-state index contributed by atoms with van der Waals surface area (Å²) in [5.74, 6) is 1.69. The molecule has 0 aromatic heterocycles. The normalized spacial score (nSPS) is 24.6. The van der Waals surface area contributed by atoms with Gasteiger partial charge in [0, 0.05) is 6.54 Å². The average Bonchev–Trinajstić information content (AvgIpc) is 3.31. The number of nitrogens with two attached hydrogens (primary N) is 1. The molecule has 2 aliphatic rings. The van der Waals surface area contributed by atoms with Crippen LogP contribution in [0.3, 0.4) is 0 Å². The molecule has 1 fully saturated rings. The molecule has 4 heteroatoms. The molecule has 3 N–H and O–H groups in total. The Balaban J connectivity index is 1.78. The minimum absolute atomic E-state index is 0.0791. The van der Waals surface area contributed by atoms with E-state index in [0.29, 0.717) is 12.5 Å². The van der Waals surface area contributed by atoms with Crippen molar-refractivity contribution in [3.63, 3.8) is 0 Å². The van der Waals surface area contributed by atoms with E-state index in [1.54, 1.807) is 11.8 Å². The first kappa shape index (κ1) is 14.0. The first-order valence-corrected chi connectivity index (χ1v) is 8.40. The van der Waals surface area contributed by atoms with Crippen LogP contribution in [-0.4, -0.2) is 23.7 Å². The number of carbonyl (C=O) groups excluding carboxylic acids is 1. The monoisotopic (exact) mass is 290 g/mol. The number of amides is 1. The molecule has 1 amide bonds. The maximum atomic E-state index is 12.7. The van der Waals surface area contributed by atoms with Crippen molar-refractivity contribution in [2.75, 3.05) is 12.3 Å². The van der Waals surface area contributed by atoms with Crippen molar-refractivity contribution in [3.05, 3.63) is 35.4 Å². The quantitative estimate of drug-likeness (QED) is 0.894. The zero-order valence-corrected chi connectivity index (χ0v) is 12.7. The molecule has 1 aliphatic carbocycles. The lowest BCUT2D eigenvalue weighted by Crippen LogP contribution is -2.54. The van der Waals surface area contributed by atoms with Crippen LogP contribution < -0.4 is 11.1 Å². The number of rotatable bonds is 4. The van der Waals surface area contributed by atoms with Gasteiger partial charge in [-0.15, -0.1) is 11.8 Å². The van der Waals surface area contributed by atoms with Crippen molar-refractivity contribution in [2.45, 2.75) is 37.0 Å².